The minimum Gasteiger partial charge on any atom is -0.371 e. The van der Waals surface area contributed by atoms with Gasteiger partial charge < -0.3 is 9.69 Å². The van der Waals surface area contributed by atoms with Gasteiger partial charge in [0, 0.05) is 30.6 Å². The van der Waals surface area contributed by atoms with Gasteiger partial charge in [-0.1, -0.05) is 36.4 Å². The number of carbonyl (C=O) groups is 1. The minimum atomic E-state index is 0.290. The van der Waals surface area contributed by atoms with E-state index in [0.717, 1.165) is 25.9 Å². The Morgan fingerprint density at radius 1 is 1.05 bits per heavy atom. The Morgan fingerprint density at radius 3 is 2.55 bits per heavy atom. The molecule has 0 fully saturated rings. The molecule has 0 N–H and O–H groups in total. The molecule has 0 aromatic heterocycles. The number of hydrogen-bond donors (Lipinski definition) is 0. The Bertz CT molecular complexity index is 571. The molecule has 0 saturated carbocycles. The number of ketones is 1. The maximum atomic E-state index is 11.0. The van der Waals surface area contributed by atoms with Crippen LogP contribution in [0.3, 0.4) is 0 Å². The van der Waals surface area contributed by atoms with E-state index in [0.29, 0.717) is 12.2 Å². The molecule has 2 aromatic carbocycles. The smallest absolute Gasteiger partial charge is 0.129 e. The Hall–Kier alpha value is -1.83. The number of rotatable bonds is 7. The normalized spacial score (nSPS) is 10.7. The predicted molar refractivity (Wildman–Crippen MR) is 86.4 cm³/mol. The zero-order valence-electron chi connectivity index (χ0n) is 12.4. The van der Waals surface area contributed by atoms with Gasteiger partial charge in [-0.05, 0) is 38.1 Å². The maximum Gasteiger partial charge on any atom is 0.129 e. The van der Waals surface area contributed by atoms with Crippen LogP contribution in [-0.4, -0.2) is 18.9 Å². The molecule has 0 saturated heterocycles. The summed E-state index contributed by atoms with van der Waals surface area (Å²) in [4.78, 5) is 13.4. The first-order valence-corrected chi connectivity index (χ1v) is 7.44. The number of unbranched alkanes of at least 4 members (excludes halogenated alkanes) is 1. The summed E-state index contributed by atoms with van der Waals surface area (Å²) in [6.45, 7) is 5.86. The predicted octanol–water partition coefficient (Wildman–Crippen LogP) is 4.43. The molecule has 0 spiro atoms. The molecule has 2 nitrogen and oxygen atoms in total. The fourth-order valence-electron chi connectivity index (χ4n) is 2.61. The average molecular weight is 269 g/mol. The van der Waals surface area contributed by atoms with E-state index in [2.05, 4.69) is 54.3 Å². The Morgan fingerprint density at radius 2 is 1.80 bits per heavy atom. The molecule has 0 aliphatic rings. The Labute approximate surface area is 121 Å². The number of fused-ring (bicyclic) bond motifs is 1. The molecule has 0 unspecified atom stereocenters. The fourth-order valence-corrected chi connectivity index (χ4v) is 2.61. The summed E-state index contributed by atoms with van der Waals surface area (Å²) in [7, 11) is 0. The van der Waals surface area contributed by atoms with Crippen LogP contribution < -0.4 is 4.90 Å². The largest absolute Gasteiger partial charge is 0.371 e. The third-order valence-corrected chi connectivity index (χ3v) is 3.70. The zero-order valence-corrected chi connectivity index (χ0v) is 12.4. The third-order valence-electron chi connectivity index (χ3n) is 3.70. The summed E-state index contributed by atoms with van der Waals surface area (Å²) < 4.78 is 0. The van der Waals surface area contributed by atoms with Crippen LogP contribution in [0.25, 0.3) is 10.8 Å². The summed E-state index contributed by atoms with van der Waals surface area (Å²) in [5.41, 5.74) is 1.30. The lowest BCUT2D eigenvalue weighted by Gasteiger charge is -2.24. The summed E-state index contributed by atoms with van der Waals surface area (Å²) in [5.74, 6) is 0.290. The highest BCUT2D eigenvalue weighted by molar-refractivity contribution is 5.94. The van der Waals surface area contributed by atoms with Crippen molar-refractivity contribution < 1.29 is 4.79 Å². The van der Waals surface area contributed by atoms with Crippen molar-refractivity contribution in [2.45, 2.75) is 33.1 Å². The molecule has 0 atom stereocenters. The van der Waals surface area contributed by atoms with Gasteiger partial charge >= 0.3 is 0 Å². The van der Waals surface area contributed by atoms with Gasteiger partial charge in [0.05, 0.1) is 0 Å². The van der Waals surface area contributed by atoms with Crippen LogP contribution >= 0.6 is 0 Å². The molecule has 0 heterocycles. The van der Waals surface area contributed by atoms with E-state index in [-0.39, 0.29) is 0 Å². The van der Waals surface area contributed by atoms with Crippen molar-refractivity contribution in [2.24, 2.45) is 0 Å². The van der Waals surface area contributed by atoms with Crippen LogP contribution in [0.15, 0.2) is 42.5 Å². The molecule has 2 aromatic rings. The first-order valence-electron chi connectivity index (χ1n) is 7.44. The van der Waals surface area contributed by atoms with Crippen molar-refractivity contribution in [3.8, 4) is 0 Å². The molecule has 2 heteroatoms. The molecule has 0 aliphatic carbocycles. The van der Waals surface area contributed by atoms with Crippen LogP contribution in [0.1, 0.15) is 33.1 Å². The minimum absolute atomic E-state index is 0.290. The number of Topliss-reactive ketones (excluding diaryl/α,β-unsaturated/α-hetero) is 1. The maximum absolute atomic E-state index is 11.0. The number of carbonyl (C=O) groups excluding carboxylic acids is 1. The van der Waals surface area contributed by atoms with Gasteiger partial charge in [-0.15, -0.1) is 0 Å². The molecule has 0 aliphatic heterocycles. The Kier molecular flexibility index (Phi) is 5.16. The van der Waals surface area contributed by atoms with E-state index in [1.54, 1.807) is 6.92 Å². The number of hydrogen-bond acceptors (Lipinski definition) is 2. The van der Waals surface area contributed by atoms with Gasteiger partial charge in [-0.25, -0.2) is 0 Å². The molecular formula is C18H23NO. The van der Waals surface area contributed by atoms with Crippen LogP contribution in [0.5, 0.6) is 0 Å². The monoisotopic (exact) mass is 269 g/mol. The quantitative estimate of drug-likeness (QED) is 0.693. The SMILES string of the molecule is CCN(CCCCC(C)=O)c1cccc2ccccc12. The van der Waals surface area contributed by atoms with Crippen LogP contribution in [-0.2, 0) is 4.79 Å². The van der Waals surface area contributed by atoms with Gasteiger partial charge in [0.1, 0.15) is 5.78 Å². The zero-order chi connectivity index (χ0) is 14.4. The van der Waals surface area contributed by atoms with Crippen molar-refractivity contribution in [3.05, 3.63) is 42.5 Å². The van der Waals surface area contributed by atoms with Crippen LogP contribution in [0, 0.1) is 0 Å². The van der Waals surface area contributed by atoms with Crippen LogP contribution in [0.4, 0.5) is 5.69 Å². The van der Waals surface area contributed by atoms with Gasteiger partial charge in [-0.2, -0.15) is 0 Å². The molecule has 0 amide bonds. The number of anilines is 1. The standard InChI is InChI=1S/C18H23NO/c1-3-19(14-7-6-9-15(2)20)18-13-8-11-16-10-4-5-12-17(16)18/h4-5,8,10-13H,3,6-7,9,14H2,1-2H3. The molecule has 106 valence electrons. The van der Waals surface area contributed by atoms with E-state index in [1.165, 1.54) is 16.5 Å². The van der Waals surface area contributed by atoms with Gasteiger partial charge in [0.15, 0.2) is 0 Å². The highest BCUT2D eigenvalue weighted by Crippen LogP contribution is 2.26. The van der Waals surface area contributed by atoms with Gasteiger partial charge in [0.25, 0.3) is 0 Å². The third kappa shape index (κ3) is 3.60. The molecule has 20 heavy (non-hydrogen) atoms. The number of benzene rings is 2. The molecule has 0 radical (unpaired) electrons. The molecule has 2 rings (SSSR count). The topological polar surface area (TPSA) is 20.3 Å². The lowest BCUT2D eigenvalue weighted by molar-refractivity contribution is -0.117. The lowest BCUT2D eigenvalue weighted by atomic mass is 10.1. The van der Waals surface area contributed by atoms with Crippen molar-refractivity contribution in [2.75, 3.05) is 18.0 Å². The van der Waals surface area contributed by atoms with Gasteiger partial charge in [-0.3, -0.25) is 0 Å². The summed E-state index contributed by atoms with van der Waals surface area (Å²) in [6.07, 6.45) is 2.75. The molecule has 0 bridgehead atoms. The van der Waals surface area contributed by atoms with E-state index in [4.69, 9.17) is 0 Å². The van der Waals surface area contributed by atoms with E-state index in [1.807, 2.05) is 0 Å². The van der Waals surface area contributed by atoms with Crippen molar-refractivity contribution in [1.29, 1.82) is 0 Å². The van der Waals surface area contributed by atoms with E-state index in [9.17, 15) is 4.79 Å². The van der Waals surface area contributed by atoms with Crippen LogP contribution in [0.2, 0.25) is 0 Å². The van der Waals surface area contributed by atoms with Crippen molar-refractivity contribution >= 4 is 22.2 Å². The highest BCUT2D eigenvalue weighted by atomic mass is 16.1. The number of nitrogens with zero attached hydrogens (tertiary/aromatic N) is 1. The second kappa shape index (κ2) is 7.09. The lowest BCUT2D eigenvalue weighted by Crippen LogP contribution is -2.24. The molecular weight excluding hydrogens is 246 g/mol. The Balaban J connectivity index is 2.11. The van der Waals surface area contributed by atoms with Crippen molar-refractivity contribution in [1.82, 2.24) is 0 Å². The first kappa shape index (κ1) is 14.6. The van der Waals surface area contributed by atoms with Gasteiger partial charge in [0.2, 0.25) is 0 Å². The summed E-state index contributed by atoms with van der Waals surface area (Å²) in [6, 6.07) is 15.0. The average Bonchev–Trinajstić information content (AvgIpc) is 2.47. The van der Waals surface area contributed by atoms with E-state index >= 15 is 0 Å². The fraction of sp³-hybridized carbons (Fsp3) is 0.389. The van der Waals surface area contributed by atoms with E-state index < -0.39 is 0 Å². The first-order chi connectivity index (χ1) is 9.72. The highest BCUT2D eigenvalue weighted by Gasteiger charge is 2.07. The summed E-state index contributed by atoms with van der Waals surface area (Å²) in [5, 5.41) is 2.59. The van der Waals surface area contributed by atoms with Crippen molar-refractivity contribution in [3.63, 3.8) is 0 Å². The second-order valence-electron chi connectivity index (χ2n) is 5.24. The second-order valence-corrected chi connectivity index (χ2v) is 5.24. The summed E-state index contributed by atoms with van der Waals surface area (Å²) >= 11 is 0.